The molecular formula is C21H32FN3O2. The van der Waals surface area contributed by atoms with E-state index in [1.165, 1.54) is 0 Å². The average molecular weight is 378 g/mol. The number of hydrogen-bond donors (Lipinski definition) is 1. The Kier molecular flexibility index (Phi) is 5.77. The normalized spacial score (nSPS) is 22.6. The van der Waals surface area contributed by atoms with Gasteiger partial charge in [0.05, 0.1) is 0 Å². The van der Waals surface area contributed by atoms with E-state index in [1.54, 1.807) is 11.0 Å². The first-order valence-corrected chi connectivity index (χ1v) is 9.91. The molecule has 0 bridgehead atoms. The van der Waals surface area contributed by atoms with Crippen molar-refractivity contribution in [3.05, 3.63) is 35.1 Å². The van der Waals surface area contributed by atoms with Gasteiger partial charge in [0.25, 0.3) is 0 Å². The van der Waals surface area contributed by atoms with E-state index in [0.717, 1.165) is 37.1 Å². The molecule has 0 radical (unpaired) electrons. The Hall–Kier alpha value is -1.66. The summed E-state index contributed by atoms with van der Waals surface area (Å²) in [6, 6.07) is 5.26. The van der Waals surface area contributed by atoms with Crippen molar-refractivity contribution >= 4 is 6.09 Å². The molecule has 2 aliphatic rings. The summed E-state index contributed by atoms with van der Waals surface area (Å²) in [5.41, 5.74) is 7.51. The van der Waals surface area contributed by atoms with Crippen LogP contribution in [0.5, 0.6) is 0 Å². The molecule has 1 aliphatic carbocycles. The Morgan fingerprint density at radius 2 is 2.04 bits per heavy atom. The molecular weight excluding hydrogens is 345 g/mol. The number of ether oxygens (including phenoxy) is 1. The molecule has 1 unspecified atom stereocenters. The number of carbonyl (C=O) groups excluding carboxylic acids is 1. The molecule has 1 aromatic carbocycles. The zero-order chi connectivity index (χ0) is 19.8. The van der Waals surface area contributed by atoms with Gasteiger partial charge in [-0.05, 0) is 63.6 Å². The van der Waals surface area contributed by atoms with Crippen LogP contribution in [0.15, 0.2) is 18.2 Å². The molecule has 1 aliphatic heterocycles. The van der Waals surface area contributed by atoms with E-state index in [-0.39, 0.29) is 24.0 Å². The van der Waals surface area contributed by atoms with Crippen LogP contribution < -0.4 is 5.73 Å². The lowest BCUT2D eigenvalue weighted by atomic mass is 10.0. The number of halogens is 1. The molecule has 3 rings (SSSR count). The van der Waals surface area contributed by atoms with Crippen molar-refractivity contribution in [3.63, 3.8) is 0 Å². The van der Waals surface area contributed by atoms with Gasteiger partial charge in [0.15, 0.2) is 0 Å². The predicted molar refractivity (Wildman–Crippen MR) is 104 cm³/mol. The van der Waals surface area contributed by atoms with Gasteiger partial charge in [-0.15, -0.1) is 0 Å². The van der Waals surface area contributed by atoms with Gasteiger partial charge >= 0.3 is 6.09 Å². The van der Waals surface area contributed by atoms with Crippen molar-refractivity contribution in [2.45, 2.75) is 64.1 Å². The third kappa shape index (κ3) is 5.20. The Balaban J connectivity index is 1.54. The topological polar surface area (TPSA) is 58.8 Å². The first-order chi connectivity index (χ1) is 12.6. The molecule has 27 heavy (non-hydrogen) atoms. The third-order valence-corrected chi connectivity index (χ3v) is 5.26. The van der Waals surface area contributed by atoms with E-state index in [9.17, 15) is 9.18 Å². The van der Waals surface area contributed by atoms with Crippen molar-refractivity contribution < 1.29 is 13.9 Å². The smallest absolute Gasteiger partial charge is 0.410 e. The second kappa shape index (κ2) is 7.76. The van der Waals surface area contributed by atoms with E-state index in [1.807, 2.05) is 39.8 Å². The van der Waals surface area contributed by atoms with Crippen LogP contribution in [-0.4, -0.2) is 53.7 Å². The van der Waals surface area contributed by atoms with Gasteiger partial charge in [-0.1, -0.05) is 12.1 Å². The fourth-order valence-electron chi connectivity index (χ4n) is 3.67. The van der Waals surface area contributed by atoms with Crippen LogP contribution in [0.2, 0.25) is 0 Å². The zero-order valence-corrected chi connectivity index (χ0v) is 16.9. The minimum Gasteiger partial charge on any atom is -0.444 e. The first kappa shape index (κ1) is 20.1. The highest BCUT2D eigenvalue weighted by Gasteiger charge is 2.31. The van der Waals surface area contributed by atoms with Crippen LogP contribution in [0.1, 0.15) is 63.6 Å². The highest BCUT2D eigenvalue weighted by Crippen LogP contribution is 2.41. The Labute approximate surface area is 161 Å². The number of nitrogens with zero attached hydrogens (tertiary/aromatic N) is 2. The summed E-state index contributed by atoms with van der Waals surface area (Å²) in [6.07, 6.45) is 1.90. The second-order valence-corrected chi connectivity index (χ2v) is 8.94. The molecule has 5 nitrogen and oxygen atoms in total. The lowest BCUT2D eigenvalue weighted by molar-refractivity contribution is 0.000915. The zero-order valence-electron chi connectivity index (χ0n) is 16.9. The SMILES string of the molecule is C[C@@H]1CN(CC(N)c2ccc(C3CC3)c(F)c2)CCN1C(=O)OC(C)(C)C. The van der Waals surface area contributed by atoms with Gasteiger partial charge in [0, 0.05) is 38.3 Å². The minimum atomic E-state index is -0.493. The molecule has 150 valence electrons. The molecule has 1 heterocycles. The lowest BCUT2D eigenvalue weighted by Crippen LogP contribution is -2.55. The summed E-state index contributed by atoms with van der Waals surface area (Å²) in [5, 5.41) is 0. The van der Waals surface area contributed by atoms with Crippen LogP contribution in [0.25, 0.3) is 0 Å². The van der Waals surface area contributed by atoms with Gasteiger partial charge in [-0.3, -0.25) is 4.90 Å². The molecule has 1 aromatic rings. The summed E-state index contributed by atoms with van der Waals surface area (Å²) < 4.78 is 19.8. The van der Waals surface area contributed by atoms with Crippen LogP contribution in [0, 0.1) is 5.82 Å². The van der Waals surface area contributed by atoms with E-state index in [0.29, 0.717) is 19.0 Å². The Morgan fingerprint density at radius 1 is 1.33 bits per heavy atom. The molecule has 2 fully saturated rings. The monoisotopic (exact) mass is 377 g/mol. The first-order valence-electron chi connectivity index (χ1n) is 9.91. The van der Waals surface area contributed by atoms with Crippen molar-refractivity contribution in [2.75, 3.05) is 26.2 Å². The minimum absolute atomic E-state index is 0.0507. The number of carbonyl (C=O) groups is 1. The quantitative estimate of drug-likeness (QED) is 0.870. The lowest BCUT2D eigenvalue weighted by Gasteiger charge is -2.41. The Morgan fingerprint density at radius 3 is 2.59 bits per heavy atom. The maximum atomic E-state index is 14.3. The van der Waals surface area contributed by atoms with Crippen molar-refractivity contribution in [1.29, 1.82) is 0 Å². The summed E-state index contributed by atoms with van der Waals surface area (Å²) in [7, 11) is 0. The third-order valence-electron chi connectivity index (χ3n) is 5.26. The average Bonchev–Trinajstić information content (AvgIpc) is 3.37. The molecule has 1 saturated heterocycles. The molecule has 0 spiro atoms. The fourth-order valence-corrected chi connectivity index (χ4v) is 3.67. The fraction of sp³-hybridized carbons (Fsp3) is 0.667. The van der Waals surface area contributed by atoms with E-state index in [4.69, 9.17) is 10.5 Å². The van der Waals surface area contributed by atoms with Crippen molar-refractivity contribution in [1.82, 2.24) is 9.80 Å². The molecule has 1 saturated carbocycles. The van der Waals surface area contributed by atoms with Gasteiger partial charge in [0.2, 0.25) is 0 Å². The maximum absolute atomic E-state index is 14.3. The van der Waals surface area contributed by atoms with E-state index >= 15 is 0 Å². The summed E-state index contributed by atoms with van der Waals surface area (Å²) in [6.45, 7) is 10.4. The van der Waals surface area contributed by atoms with Crippen LogP contribution in [-0.2, 0) is 4.74 Å². The van der Waals surface area contributed by atoms with Crippen LogP contribution >= 0.6 is 0 Å². The maximum Gasteiger partial charge on any atom is 0.410 e. The van der Waals surface area contributed by atoms with Gasteiger partial charge in [0.1, 0.15) is 11.4 Å². The molecule has 6 heteroatoms. The number of nitrogens with two attached hydrogens (primary N) is 1. The van der Waals surface area contributed by atoms with Gasteiger partial charge in [-0.2, -0.15) is 0 Å². The largest absolute Gasteiger partial charge is 0.444 e. The number of benzene rings is 1. The number of piperazine rings is 1. The molecule has 0 aromatic heterocycles. The second-order valence-electron chi connectivity index (χ2n) is 8.94. The summed E-state index contributed by atoms with van der Waals surface area (Å²) in [4.78, 5) is 16.3. The van der Waals surface area contributed by atoms with Crippen molar-refractivity contribution in [3.8, 4) is 0 Å². The number of rotatable bonds is 4. The molecule has 2 N–H and O–H groups in total. The van der Waals surface area contributed by atoms with E-state index in [2.05, 4.69) is 4.90 Å². The van der Waals surface area contributed by atoms with Crippen LogP contribution in [0.4, 0.5) is 9.18 Å². The number of amides is 1. The van der Waals surface area contributed by atoms with E-state index < -0.39 is 5.60 Å². The Bertz CT molecular complexity index is 684. The van der Waals surface area contributed by atoms with Gasteiger partial charge in [-0.25, -0.2) is 9.18 Å². The summed E-state index contributed by atoms with van der Waals surface area (Å²) in [5.74, 6) is 0.269. The van der Waals surface area contributed by atoms with Crippen molar-refractivity contribution in [2.24, 2.45) is 5.73 Å². The summed E-state index contributed by atoms with van der Waals surface area (Å²) >= 11 is 0. The highest BCUT2D eigenvalue weighted by molar-refractivity contribution is 5.68. The standard InChI is InChI=1S/C21H32FN3O2/c1-14-12-24(9-10-25(14)20(26)27-21(2,3)4)13-19(23)16-7-8-17(15-5-6-15)18(22)11-16/h7-8,11,14-15,19H,5-6,9-10,12-13,23H2,1-4H3/t14-,19?/m1/s1. The number of hydrogen-bond acceptors (Lipinski definition) is 4. The molecule has 1 amide bonds. The van der Waals surface area contributed by atoms with Crippen LogP contribution in [0.3, 0.4) is 0 Å². The van der Waals surface area contributed by atoms with Gasteiger partial charge < -0.3 is 15.4 Å². The predicted octanol–water partition coefficient (Wildman–Crippen LogP) is 3.64. The molecule has 2 atom stereocenters. The highest BCUT2D eigenvalue weighted by atomic mass is 19.1.